The van der Waals surface area contributed by atoms with Crippen LogP contribution in [-0.2, 0) is 4.57 Å². The first-order chi connectivity index (χ1) is 15.7. The summed E-state index contributed by atoms with van der Waals surface area (Å²) in [4.78, 5) is 0. The number of nitriles is 1. The van der Waals surface area contributed by atoms with Crippen LogP contribution < -0.4 is 21.2 Å². The van der Waals surface area contributed by atoms with Crippen LogP contribution in [0.5, 0.6) is 0 Å². The molecule has 4 aromatic rings. The fourth-order valence-corrected chi connectivity index (χ4v) is 14.0. The molecule has 0 saturated heterocycles. The summed E-state index contributed by atoms with van der Waals surface area (Å²) in [6.45, 7) is 0. The molecule has 0 unspecified atom stereocenters. The molecule has 4 rings (SSSR count). The van der Waals surface area contributed by atoms with Gasteiger partial charge >= 0.3 is 0 Å². The van der Waals surface area contributed by atoms with Gasteiger partial charge in [0.2, 0.25) is 7.29 Å². The van der Waals surface area contributed by atoms with Gasteiger partial charge in [-0.25, -0.2) is 4.52 Å². The molecule has 0 N–H and O–H groups in total. The van der Waals surface area contributed by atoms with Gasteiger partial charge in [0.1, 0.15) is 0 Å². The normalized spacial score (nSPS) is 11.5. The van der Waals surface area contributed by atoms with E-state index in [1.807, 2.05) is 121 Å². The van der Waals surface area contributed by atoms with E-state index in [1.165, 1.54) is 11.4 Å². The Morgan fingerprint density at radius 2 is 0.969 bits per heavy atom. The van der Waals surface area contributed by atoms with Gasteiger partial charge in [-0.2, -0.15) is 5.26 Å². The molecule has 0 atom stereocenters. The molecule has 6 heteroatoms. The molecule has 158 valence electrons. The highest BCUT2D eigenvalue weighted by molar-refractivity contribution is 8.63. The van der Waals surface area contributed by atoms with Crippen LogP contribution in [0.4, 0.5) is 0 Å². The lowest BCUT2D eigenvalue weighted by Crippen LogP contribution is -2.18. The van der Waals surface area contributed by atoms with E-state index in [9.17, 15) is 9.83 Å². The van der Waals surface area contributed by atoms with Gasteiger partial charge < -0.3 is 0 Å². The van der Waals surface area contributed by atoms with Crippen molar-refractivity contribution >= 4 is 46.1 Å². The molecule has 3 nitrogen and oxygen atoms in total. The van der Waals surface area contributed by atoms with Crippen LogP contribution in [0.15, 0.2) is 126 Å². The van der Waals surface area contributed by atoms with Gasteiger partial charge in [0.05, 0.1) is 18.1 Å². The molecule has 0 saturated carbocycles. The molecule has 0 spiro atoms. The first-order valence-electron chi connectivity index (χ1n) is 10.2. The smallest absolute Gasteiger partial charge is 0.247 e. The number of rotatable bonds is 7. The maximum atomic E-state index is 14.9. The lowest BCUT2D eigenvalue weighted by Gasteiger charge is -2.28. The summed E-state index contributed by atoms with van der Waals surface area (Å²) < 4.78 is 20.2. The number of benzene rings is 4. The largest absolute Gasteiger partial charge is 0.288 e. The predicted molar refractivity (Wildman–Crippen MR) is 139 cm³/mol. The van der Waals surface area contributed by atoms with Gasteiger partial charge in [0, 0.05) is 21.2 Å². The van der Waals surface area contributed by atoms with Crippen LogP contribution in [0, 0.1) is 11.3 Å². The Labute approximate surface area is 193 Å². The van der Waals surface area contributed by atoms with Crippen molar-refractivity contribution in [1.29, 1.82) is 5.26 Å². The maximum absolute atomic E-state index is 14.9. The summed E-state index contributed by atoms with van der Waals surface area (Å²) in [5.74, 6) is 0.255. The SMILES string of the molecule is N#CCSP(=NP(=O)(c1ccccc1)c1ccccc1)(c1ccccc1)c1ccccc1. The summed E-state index contributed by atoms with van der Waals surface area (Å²) in [6, 6.07) is 41.2. The van der Waals surface area contributed by atoms with E-state index in [-0.39, 0.29) is 5.75 Å². The highest BCUT2D eigenvalue weighted by atomic mass is 32.7. The minimum Gasteiger partial charge on any atom is -0.288 e. The number of hydrogen-bond acceptors (Lipinski definition) is 3. The highest BCUT2D eigenvalue weighted by Gasteiger charge is 2.34. The monoisotopic (exact) mass is 472 g/mol. The molecule has 0 radical (unpaired) electrons. The Bertz CT molecular complexity index is 1220. The van der Waals surface area contributed by atoms with Gasteiger partial charge in [0.15, 0.2) is 0 Å². The van der Waals surface area contributed by atoms with Crippen molar-refractivity contribution in [3.05, 3.63) is 121 Å². The molecular formula is C26H22N2OP2S. The third-order valence-electron chi connectivity index (χ3n) is 4.99. The molecule has 32 heavy (non-hydrogen) atoms. The summed E-state index contributed by atoms with van der Waals surface area (Å²) >= 11 is 1.50. The lowest BCUT2D eigenvalue weighted by atomic mass is 10.4. The van der Waals surface area contributed by atoms with E-state index in [0.717, 1.165) is 10.6 Å². The third-order valence-corrected chi connectivity index (χ3v) is 15.1. The predicted octanol–water partition coefficient (Wildman–Crippen LogP) is 5.94. The zero-order valence-corrected chi connectivity index (χ0v) is 20.0. The average Bonchev–Trinajstić information content (AvgIpc) is 2.88. The first-order valence-corrected chi connectivity index (χ1v) is 15.2. The quantitative estimate of drug-likeness (QED) is 0.313. The summed E-state index contributed by atoms with van der Waals surface area (Å²) in [5, 5.41) is 12.9. The van der Waals surface area contributed by atoms with Crippen molar-refractivity contribution in [3.8, 4) is 6.07 Å². The summed E-state index contributed by atoms with van der Waals surface area (Å²) in [6.07, 6.45) is -2.61. The Kier molecular flexibility index (Phi) is 7.13. The minimum absolute atomic E-state index is 0.255. The van der Waals surface area contributed by atoms with Crippen molar-refractivity contribution in [2.45, 2.75) is 0 Å². The van der Waals surface area contributed by atoms with Crippen LogP contribution >= 0.6 is 24.9 Å². The molecule has 0 aliphatic rings. The molecule has 0 aliphatic carbocycles. The van der Waals surface area contributed by atoms with Crippen LogP contribution in [0.25, 0.3) is 0 Å². The van der Waals surface area contributed by atoms with Gasteiger partial charge in [-0.3, -0.25) is 4.57 Å². The Morgan fingerprint density at radius 1 is 0.625 bits per heavy atom. The standard InChI is InChI=1S/C26H22N2OP2S/c27-21-22-32-31(25-17-9-3-10-18-25,26-19-11-4-12-20-26)28-30(29,23-13-5-1-6-14-23)24-15-7-2-8-16-24/h1-20H,22H2. The number of hydrogen-bond donors (Lipinski definition) is 0. The highest BCUT2D eigenvalue weighted by Crippen LogP contribution is 2.66. The fraction of sp³-hybridized carbons (Fsp3) is 0.0385. The fourth-order valence-electron chi connectivity index (χ4n) is 3.50. The van der Waals surface area contributed by atoms with Crippen molar-refractivity contribution in [3.63, 3.8) is 0 Å². The summed E-state index contributed by atoms with van der Waals surface area (Å²) in [5.41, 5.74) is 0. The Hall–Kier alpha value is -2.82. The van der Waals surface area contributed by atoms with E-state index < -0.39 is 13.5 Å². The zero-order chi connectivity index (χ0) is 22.3. The molecule has 0 amide bonds. The second-order valence-electron chi connectivity index (χ2n) is 7.02. The van der Waals surface area contributed by atoms with Crippen LogP contribution in [0.2, 0.25) is 0 Å². The Balaban J connectivity index is 2.12. The third kappa shape index (κ3) is 4.52. The van der Waals surface area contributed by atoms with Crippen molar-refractivity contribution in [1.82, 2.24) is 0 Å². The van der Waals surface area contributed by atoms with E-state index in [4.69, 9.17) is 4.52 Å². The number of nitrogens with zero attached hydrogens (tertiary/aromatic N) is 2. The van der Waals surface area contributed by atoms with Crippen molar-refractivity contribution in [2.75, 3.05) is 5.75 Å². The second-order valence-corrected chi connectivity index (χ2v) is 15.0. The molecule has 4 aromatic carbocycles. The van der Waals surface area contributed by atoms with Crippen molar-refractivity contribution in [2.24, 2.45) is 4.52 Å². The first kappa shape index (κ1) is 22.4. The van der Waals surface area contributed by atoms with Gasteiger partial charge in [0.25, 0.3) is 0 Å². The Morgan fingerprint density at radius 3 is 1.31 bits per heavy atom. The topological polar surface area (TPSA) is 53.2 Å². The lowest BCUT2D eigenvalue weighted by molar-refractivity contribution is 0.588. The maximum Gasteiger partial charge on any atom is 0.247 e. The van der Waals surface area contributed by atoms with E-state index >= 15 is 0 Å². The zero-order valence-electron chi connectivity index (χ0n) is 17.4. The average molecular weight is 472 g/mol. The molecular weight excluding hydrogens is 450 g/mol. The van der Waals surface area contributed by atoms with Crippen LogP contribution in [0.3, 0.4) is 0 Å². The van der Waals surface area contributed by atoms with Gasteiger partial charge in [-0.15, -0.1) is 0 Å². The molecule has 0 fully saturated rings. The van der Waals surface area contributed by atoms with Gasteiger partial charge in [-0.1, -0.05) is 108 Å². The minimum atomic E-state index is -3.37. The molecule has 0 aliphatic heterocycles. The van der Waals surface area contributed by atoms with E-state index in [0.29, 0.717) is 10.6 Å². The molecule has 0 heterocycles. The van der Waals surface area contributed by atoms with E-state index in [1.54, 1.807) is 0 Å². The van der Waals surface area contributed by atoms with Crippen LogP contribution in [-0.4, -0.2) is 5.75 Å². The molecule has 0 aromatic heterocycles. The molecule has 0 bridgehead atoms. The second kappa shape index (κ2) is 10.2. The van der Waals surface area contributed by atoms with Gasteiger partial charge in [-0.05, 0) is 24.3 Å². The van der Waals surface area contributed by atoms with Crippen molar-refractivity contribution < 1.29 is 4.57 Å². The summed E-state index contributed by atoms with van der Waals surface area (Å²) in [7, 11) is -3.37. The van der Waals surface area contributed by atoms with E-state index in [2.05, 4.69) is 6.07 Å². The van der Waals surface area contributed by atoms with Crippen LogP contribution in [0.1, 0.15) is 0 Å².